The van der Waals surface area contributed by atoms with Gasteiger partial charge in [0.1, 0.15) is 6.54 Å². The van der Waals surface area contributed by atoms with Crippen LogP contribution < -0.4 is 14.3 Å². The second kappa shape index (κ2) is 9.80. The third-order valence-corrected chi connectivity index (χ3v) is 6.74. The van der Waals surface area contributed by atoms with E-state index in [0.717, 1.165) is 16.6 Å². The van der Waals surface area contributed by atoms with Crippen LogP contribution in [0.1, 0.15) is 0 Å². The van der Waals surface area contributed by atoms with E-state index in [1.165, 1.54) is 60.9 Å². The van der Waals surface area contributed by atoms with Gasteiger partial charge in [-0.1, -0.05) is 6.07 Å². The molecule has 1 amide bonds. The van der Waals surface area contributed by atoms with Gasteiger partial charge in [-0.15, -0.1) is 0 Å². The number of hydrogen-bond donors (Lipinski definition) is 2. The van der Waals surface area contributed by atoms with E-state index in [1.807, 2.05) is 0 Å². The molecule has 0 spiro atoms. The highest BCUT2D eigenvalue weighted by atomic mass is 32.2. The number of hydrogen-bond acceptors (Lipinski definition) is 9. The Labute approximate surface area is 194 Å². The zero-order chi connectivity index (χ0) is 24.9. The average Bonchev–Trinajstić information content (AvgIpc) is 2.77. The number of nitrogens with one attached hydrogen (secondary N) is 2. The predicted octanol–water partition coefficient (Wildman–Crippen LogP) is 1.59. The summed E-state index contributed by atoms with van der Waals surface area (Å²) in [5, 5.41) is 13.5. The number of anilines is 3. The van der Waals surface area contributed by atoms with E-state index in [1.54, 1.807) is 0 Å². The summed E-state index contributed by atoms with van der Waals surface area (Å²) in [5.74, 6) is -0.856. The standard InChI is InChI=1S/C19H18N6O7S2/c1-33(29,30)24(15-4-2-5-16(12-15)25(27)28)13-18(26)22-14-6-8-17(9-7-14)34(31,32)23-19-20-10-3-11-21-19/h2-12H,13H2,1H3,(H,22,26)(H,20,21,23). The van der Waals surface area contributed by atoms with E-state index in [0.29, 0.717) is 0 Å². The molecule has 0 aliphatic carbocycles. The van der Waals surface area contributed by atoms with Gasteiger partial charge in [0.25, 0.3) is 15.7 Å². The highest BCUT2D eigenvalue weighted by molar-refractivity contribution is 7.92. The number of nitro groups is 1. The highest BCUT2D eigenvalue weighted by Gasteiger charge is 2.23. The van der Waals surface area contributed by atoms with Crippen molar-refractivity contribution in [2.45, 2.75) is 4.90 Å². The normalized spacial score (nSPS) is 11.4. The van der Waals surface area contributed by atoms with Crippen LogP contribution in [0.15, 0.2) is 71.9 Å². The largest absolute Gasteiger partial charge is 0.325 e. The van der Waals surface area contributed by atoms with Gasteiger partial charge in [-0.3, -0.25) is 19.2 Å². The molecule has 178 valence electrons. The van der Waals surface area contributed by atoms with E-state index in [2.05, 4.69) is 20.0 Å². The zero-order valence-electron chi connectivity index (χ0n) is 17.5. The Morgan fingerprint density at radius 1 is 1.03 bits per heavy atom. The molecule has 0 atom stereocenters. The summed E-state index contributed by atoms with van der Waals surface area (Å²) in [4.78, 5) is 30.2. The van der Waals surface area contributed by atoms with E-state index < -0.39 is 37.4 Å². The number of carbonyl (C=O) groups excluding carboxylic acids is 1. The summed E-state index contributed by atoms with van der Waals surface area (Å²) in [5.41, 5.74) is -0.187. The van der Waals surface area contributed by atoms with Crippen LogP contribution in [0.25, 0.3) is 0 Å². The molecule has 0 aliphatic heterocycles. The molecule has 3 rings (SSSR count). The van der Waals surface area contributed by atoms with Crippen LogP contribution in [0.5, 0.6) is 0 Å². The fourth-order valence-electron chi connectivity index (χ4n) is 2.74. The van der Waals surface area contributed by atoms with Crippen LogP contribution in [-0.4, -0.2) is 50.4 Å². The number of rotatable bonds is 9. The molecule has 15 heteroatoms. The lowest BCUT2D eigenvalue weighted by Crippen LogP contribution is -2.37. The number of nitro benzene ring substituents is 1. The SMILES string of the molecule is CS(=O)(=O)N(CC(=O)Nc1ccc(S(=O)(=O)Nc2ncccn2)cc1)c1cccc([N+](=O)[O-])c1. The average molecular weight is 507 g/mol. The molecule has 0 radical (unpaired) electrons. The lowest BCUT2D eigenvalue weighted by Gasteiger charge is -2.21. The van der Waals surface area contributed by atoms with Gasteiger partial charge in [-0.05, 0) is 36.4 Å². The maximum Gasteiger partial charge on any atom is 0.271 e. The molecule has 1 heterocycles. The molecule has 34 heavy (non-hydrogen) atoms. The molecule has 0 aliphatic rings. The number of sulfonamides is 2. The first kappa shape index (κ1) is 24.5. The summed E-state index contributed by atoms with van der Waals surface area (Å²) in [7, 11) is -7.93. The zero-order valence-corrected chi connectivity index (χ0v) is 19.2. The number of nitrogens with zero attached hydrogens (tertiary/aromatic N) is 4. The number of amides is 1. The summed E-state index contributed by atoms with van der Waals surface area (Å²) < 4.78 is 52.2. The summed E-state index contributed by atoms with van der Waals surface area (Å²) in [6.07, 6.45) is 3.61. The molecule has 0 saturated carbocycles. The molecule has 3 aromatic rings. The number of non-ortho nitro benzene ring substituents is 1. The van der Waals surface area contributed by atoms with Crippen LogP contribution in [0, 0.1) is 10.1 Å². The van der Waals surface area contributed by atoms with Crippen molar-refractivity contribution in [3.05, 3.63) is 77.1 Å². The van der Waals surface area contributed by atoms with Crippen LogP contribution >= 0.6 is 0 Å². The first-order chi connectivity index (χ1) is 16.0. The third kappa shape index (κ3) is 6.23. The van der Waals surface area contributed by atoms with Gasteiger partial charge in [0.15, 0.2) is 0 Å². The first-order valence-corrected chi connectivity index (χ1v) is 12.7. The topological polar surface area (TPSA) is 182 Å². The van der Waals surface area contributed by atoms with Gasteiger partial charge < -0.3 is 5.32 Å². The van der Waals surface area contributed by atoms with Gasteiger partial charge in [0.2, 0.25) is 21.9 Å². The van der Waals surface area contributed by atoms with Gasteiger partial charge in [0.05, 0.1) is 21.8 Å². The van der Waals surface area contributed by atoms with Crippen LogP contribution in [0.4, 0.5) is 23.0 Å². The van der Waals surface area contributed by atoms with Crippen molar-refractivity contribution in [1.82, 2.24) is 9.97 Å². The summed E-state index contributed by atoms with van der Waals surface area (Å²) in [6.45, 7) is -0.660. The quantitative estimate of drug-likeness (QED) is 0.321. The molecule has 1 aromatic heterocycles. The minimum Gasteiger partial charge on any atom is -0.325 e. The smallest absolute Gasteiger partial charge is 0.271 e. The predicted molar refractivity (Wildman–Crippen MR) is 123 cm³/mol. The van der Waals surface area contributed by atoms with E-state index >= 15 is 0 Å². The third-order valence-electron chi connectivity index (χ3n) is 4.26. The van der Waals surface area contributed by atoms with Gasteiger partial charge in [-0.25, -0.2) is 31.5 Å². The van der Waals surface area contributed by atoms with E-state index in [-0.39, 0.29) is 27.9 Å². The van der Waals surface area contributed by atoms with Crippen molar-refractivity contribution >= 4 is 49.0 Å². The van der Waals surface area contributed by atoms with Crippen molar-refractivity contribution in [3.63, 3.8) is 0 Å². The number of carbonyl (C=O) groups is 1. The van der Waals surface area contributed by atoms with E-state index in [4.69, 9.17) is 0 Å². The Hall–Kier alpha value is -4.11. The Bertz CT molecular complexity index is 1410. The maximum absolute atomic E-state index is 12.5. The fraction of sp³-hybridized carbons (Fsp3) is 0.105. The van der Waals surface area contributed by atoms with Gasteiger partial charge in [-0.2, -0.15) is 0 Å². The molecule has 0 fully saturated rings. The second-order valence-corrected chi connectivity index (χ2v) is 10.4. The highest BCUT2D eigenvalue weighted by Crippen LogP contribution is 2.23. The molecular formula is C19H18N6O7S2. The molecule has 0 bridgehead atoms. The van der Waals surface area contributed by atoms with Crippen molar-refractivity contribution in [2.75, 3.05) is 27.1 Å². The second-order valence-electron chi connectivity index (χ2n) is 6.80. The monoisotopic (exact) mass is 506 g/mol. The summed E-state index contributed by atoms with van der Waals surface area (Å²) in [6, 6.07) is 11.5. The molecule has 2 N–H and O–H groups in total. The molecule has 2 aromatic carbocycles. The lowest BCUT2D eigenvalue weighted by molar-refractivity contribution is -0.384. The maximum atomic E-state index is 12.5. The Balaban J connectivity index is 1.73. The van der Waals surface area contributed by atoms with Crippen LogP contribution in [0.2, 0.25) is 0 Å². The Morgan fingerprint density at radius 2 is 1.68 bits per heavy atom. The Kier molecular flexibility index (Phi) is 7.07. The molecular weight excluding hydrogens is 488 g/mol. The minimum absolute atomic E-state index is 0.0532. The van der Waals surface area contributed by atoms with Gasteiger partial charge >= 0.3 is 0 Å². The number of benzene rings is 2. The van der Waals surface area contributed by atoms with Crippen molar-refractivity contribution < 1.29 is 26.6 Å². The first-order valence-electron chi connectivity index (χ1n) is 9.38. The summed E-state index contributed by atoms with van der Waals surface area (Å²) >= 11 is 0. The molecule has 0 saturated heterocycles. The minimum atomic E-state index is -3.97. The van der Waals surface area contributed by atoms with Crippen LogP contribution in [-0.2, 0) is 24.8 Å². The van der Waals surface area contributed by atoms with Crippen molar-refractivity contribution in [1.29, 1.82) is 0 Å². The number of aromatic nitrogens is 2. The van der Waals surface area contributed by atoms with Gasteiger partial charge in [0, 0.05) is 30.2 Å². The van der Waals surface area contributed by atoms with Crippen LogP contribution in [0.3, 0.4) is 0 Å². The Morgan fingerprint density at radius 3 is 2.26 bits per heavy atom. The van der Waals surface area contributed by atoms with E-state index in [9.17, 15) is 31.7 Å². The van der Waals surface area contributed by atoms with Crippen molar-refractivity contribution in [3.8, 4) is 0 Å². The fourth-order valence-corrected chi connectivity index (χ4v) is 4.55. The lowest BCUT2D eigenvalue weighted by atomic mass is 10.3. The van der Waals surface area contributed by atoms with Crippen molar-refractivity contribution in [2.24, 2.45) is 0 Å². The molecule has 0 unspecified atom stereocenters. The molecule has 13 nitrogen and oxygen atoms in total.